The lowest BCUT2D eigenvalue weighted by Crippen LogP contribution is -2.18. The quantitative estimate of drug-likeness (QED) is 0.558. The summed E-state index contributed by atoms with van der Waals surface area (Å²) in [4.78, 5) is 24.1. The Balaban J connectivity index is 1.78. The van der Waals surface area contributed by atoms with Gasteiger partial charge in [-0.15, -0.1) is 22.7 Å². The first kappa shape index (κ1) is 15.4. The van der Waals surface area contributed by atoms with E-state index in [1.807, 2.05) is 24.3 Å². The molecule has 0 unspecified atom stereocenters. The van der Waals surface area contributed by atoms with Crippen LogP contribution >= 0.6 is 22.7 Å². The molecule has 116 valence electrons. The molecule has 3 aromatic rings. The Kier molecular flexibility index (Phi) is 4.22. The van der Waals surface area contributed by atoms with E-state index in [1.165, 1.54) is 17.4 Å². The lowest BCUT2D eigenvalue weighted by molar-refractivity contribution is 0.0702. The van der Waals surface area contributed by atoms with Crippen molar-refractivity contribution in [1.82, 2.24) is 5.43 Å². The summed E-state index contributed by atoms with van der Waals surface area (Å²) in [5.74, 6) is -1.25. The molecular formula is C16H12N2O3S2. The topological polar surface area (TPSA) is 78.8 Å². The molecule has 0 saturated carbocycles. The SMILES string of the molecule is C/C(=N\NC(=O)c1csc2ccccc12)c1ccc(C(=O)O)s1. The van der Waals surface area contributed by atoms with E-state index >= 15 is 0 Å². The summed E-state index contributed by atoms with van der Waals surface area (Å²) in [7, 11) is 0. The van der Waals surface area contributed by atoms with E-state index < -0.39 is 5.97 Å². The van der Waals surface area contributed by atoms with Gasteiger partial charge in [0, 0.05) is 15.5 Å². The number of amides is 1. The summed E-state index contributed by atoms with van der Waals surface area (Å²) in [6, 6.07) is 10.9. The van der Waals surface area contributed by atoms with Gasteiger partial charge in [-0.25, -0.2) is 10.2 Å². The van der Waals surface area contributed by atoms with Crippen molar-refractivity contribution in [2.45, 2.75) is 6.92 Å². The first-order valence-electron chi connectivity index (χ1n) is 6.70. The minimum absolute atomic E-state index is 0.240. The number of benzene rings is 1. The Labute approximate surface area is 139 Å². The van der Waals surface area contributed by atoms with Crippen molar-refractivity contribution in [3.63, 3.8) is 0 Å². The maximum absolute atomic E-state index is 12.3. The van der Waals surface area contributed by atoms with Gasteiger partial charge in [0.25, 0.3) is 5.91 Å². The van der Waals surface area contributed by atoms with Crippen LogP contribution in [0.2, 0.25) is 0 Å². The summed E-state index contributed by atoms with van der Waals surface area (Å²) >= 11 is 2.63. The predicted molar refractivity (Wildman–Crippen MR) is 92.8 cm³/mol. The van der Waals surface area contributed by atoms with Crippen LogP contribution < -0.4 is 5.43 Å². The van der Waals surface area contributed by atoms with Crippen molar-refractivity contribution in [2.75, 3.05) is 0 Å². The van der Waals surface area contributed by atoms with Gasteiger partial charge in [-0.2, -0.15) is 5.10 Å². The van der Waals surface area contributed by atoms with Crippen molar-refractivity contribution < 1.29 is 14.7 Å². The molecular weight excluding hydrogens is 332 g/mol. The van der Waals surface area contributed by atoms with Crippen molar-refractivity contribution in [3.05, 3.63) is 57.1 Å². The molecule has 0 bridgehead atoms. The molecule has 0 radical (unpaired) electrons. The van der Waals surface area contributed by atoms with Gasteiger partial charge in [-0.1, -0.05) is 18.2 Å². The standard InChI is InChI=1S/C16H12N2O3S2/c1-9(12-6-7-14(23-12)16(20)21)17-18-15(19)11-8-22-13-5-3-2-4-10(11)13/h2-8H,1H3,(H,18,19)(H,20,21)/b17-9+. The van der Waals surface area contributed by atoms with Crippen LogP contribution in [0.4, 0.5) is 0 Å². The van der Waals surface area contributed by atoms with Gasteiger partial charge < -0.3 is 5.11 Å². The van der Waals surface area contributed by atoms with Crippen molar-refractivity contribution in [1.29, 1.82) is 0 Å². The monoisotopic (exact) mass is 344 g/mol. The van der Waals surface area contributed by atoms with Crippen LogP contribution in [0.3, 0.4) is 0 Å². The van der Waals surface area contributed by atoms with Crippen LogP contribution in [-0.4, -0.2) is 22.7 Å². The lowest BCUT2D eigenvalue weighted by Gasteiger charge is -2.00. The number of carboxylic acids is 1. The molecule has 5 nitrogen and oxygen atoms in total. The molecule has 2 N–H and O–H groups in total. The maximum Gasteiger partial charge on any atom is 0.345 e. The van der Waals surface area contributed by atoms with E-state index in [4.69, 9.17) is 5.11 Å². The number of hydrogen-bond acceptors (Lipinski definition) is 5. The summed E-state index contributed by atoms with van der Waals surface area (Å²) in [5.41, 5.74) is 3.68. The minimum Gasteiger partial charge on any atom is -0.477 e. The molecule has 2 aromatic heterocycles. The summed E-state index contributed by atoms with van der Waals surface area (Å²) < 4.78 is 1.04. The summed E-state index contributed by atoms with van der Waals surface area (Å²) in [5, 5.41) is 15.7. The zero-order valence-corrected chi connectivity index (χ0v) is 13.7. The number of carboxylic acid groups (broad SMARTS) is 1. The third-order valence-electron chi connectivity index (χ3n) is 3.22. The lowest BCUT2D eigenvalue weighted by atomic mass is 10.2. The number of nitrogens with zero attached hydrogens (tertiary/aromatic N) is 1. The number of fused-ring (bicyclic) bond motifs is 1. The Bertz CT molecular complexity index is 924. The molecule has 23 heavy (non-hydrogen) atoms. The van der Waals surface area contributed by atoms with Crippen LogP contribution in [0.5, 0.6) is 0 Å². The molecule has 2 heterocycles. The van der Waals surface area contributed by atoms with Gasteiger partial charge in [0.1, 0.15) is 4.88 Å². The fourth-order valence-corrected chi connectivity index (χ4v) is 3.78. The number of rotatable bonds is 4. The molecule has 0 saturated heterocycles. The molecule has 0 spiro atoms. The first-order chi connectivity index (χ1) is 11.1. The van der Waals surface area contributed by atoms with Gasteiger partial charge in [0.05, 0.1) is 16.2 Å². The molecule has 0 aliphatic rings. The Morgan fingerprint density at radius 1 is 1.13 bits per heavy atom. The average molecular weight is 344 g/mol. The fourth-order valence-electron chi connectivity index (χ4n) is 2.05. The molecule has 0 aliphatic heterocycles. The van der Waals surface area contributed by atoms with Gasteiger partial charge in [0.2, 0.25) is 0 Å². The second-order valence-electron chi connectivity index (χ2n) is 4.75. The molecule has 1 aromatic carbocycles. The normalized spacial score (nSPS) is 11.6. The smallest absolute Gasteiger partial charge is 0.345 e. The average Bonchev–Trinajstić information content (AvgIpc) is 3.19. The summed E-state index contributed by atoms with van der Waals surface area (Å²) in [6.45, 7) is 1.73. The van der Waals surface area contributed by atoms with Crippen molar-refractivity contribution in [2.24, 2.45) is 5.10 Å². The minimum atomic E-state index is -0.970. The van der Waals surface area contributed by atoms with Crippen LogP contribution in [0.1, 0.15) is 31.8 Å². The van der Waals surface area contributed by atoms with Gasteiger partial charge >= 0.3 is 5.97 Å². The largest absolute Gasteiger partial charge is 0.477 e. The van der Waals surface area contributed by atoms with Crippen molar-refractivity contribution >= 4 is 50.3 Å². The molecule has 1 amide bonds. The highest BCUT2D eigenvalue weighted by molar-refractivity contribution is 7.17. The Morgan fingerprint density at radius 3 is 2.61 bits per heavy atom. The Morgan fingerprint density at radius 2 is 1.87 bits per heavy atom. The van der Waals surface area contributed by atoms with E-state index in [0.29, 0.717) is 16.2 Å². The molecule has 3 rings (SSSR count). The molecule has 0 aliphatic carbocycles. The number of nitrogens with one attached hydrogen (secondary N) is 1. The van der Waals surface area contributed by atoms with Crippen LogP contribution in [0, 0.1) is 0 Å². The highest BCUT2D eigenvalue weighted by Gasteiger charge is 2.12. The first-order valence-corrected chi connectivity index (χ1v) is 8.40. The predicted octanol–water partition coefficient (Wildman–Crippen LogP) is 3.82. The van der Waals surface area contributed by atoms with Crippen LogP contribution in [-0.2, 0) is 0 Å². The van der Waals surface area contributed by atoms with E-state index in [-0.39, 0.29) is 10.8 Å². The van der Waals surface area contributed by atoms with Gasteiger partial charge in [0.15, 0.2) is 0 Å². The second-order valence-corrected chi connectivity index (χ2v) is 6.75. The van der Waals surface area contributed by atoms with E-state index in [2.05, 4.69) is 10.5 Å². The molecule has 7 heteroatoms. The highest BCUT2D eigenvalue weighted by atomic mass is 32.1. The van der Waals surface area contributed by atoms with E-state index in [0.717, 1.165) is 21.4 Å². The number of carbonyl (C=O) groups excluding carboxylic acids is 1. The van der Waals surface area contributed by atoms with Gasteiger partial charge in [-0.3, -0.25) is 4.79 Å². The van der Waals surface area contributed by atoms with Crippen LogP contribution in [0.15, 0.2) is 46.9 Å². The highest BCUT2D eigenvalue weighted by Crippen LogP contribution is 2.25. The van der Waals surface area contributed by atoms with E-state index in [1.54, 1.807) is 18.4 Å². The third kappa shape index (κ3) is 3.15. The van der Waals surface area contributed by atoms with Crippen LogP contribution in [0.25, 0.3) is 10.1 Å². The Hall–Kier alpha value is -2.51. The summed E-state index contributed by atoms with van der Waals surface area (Å²) in [6.07, 6.45) is 0. The second kappa shape index (κ2) is 6.31. The van der Waals surface area contributed by atoms with Gasteiger partial charge in [-0.05, 0) is 25.1 Å². The number of hydrogen-bond donors (Lipinski definition) is 2. The van der Waals surface area contributed by atoms with E-state index in [9.17, 15) is 9.59 Å². The third-order valence-corrected chi connectivity index (χ3v) is 5.37. The number of aromatic carboxylic acids is 1. The van der Waals surface area contributed by atoms with Crippen molar-refractivity contribution in [3.8, 4) is 0 Å². The zero-order chi connectivity index (χ0) is 16.4. The zero-order valence-electron chi connectivity index (χ0n) is 12.1. The number of hydrazone groups is 1. The fraction of sp³-hybridized carbons (Fsp3) is 0.0625. The maximum atomic E-state index is 12.3. The molecule has 0 fully saturated rings. The molecule has 0 atom stereocenters. The number of carbonyl (C=O) groups is 2. The number of thiophene rings is 2.